The zero-order valence-corrected chi connectivity index (χ0v) is 19.8. The van der Waals surface area contributed by atoms with Gasteiger partial charge in [-0.1, -0.05) is 19.9 Å². The highest BCUT2D eigenvalue weighted by Gasteiger charge is 2.39. The Morgan fingerprint density at radius 2 is 2.09 bits per heavy atom. The quantitative estimate of drug-likeness (QED) is 0.293. The number of carbonyl (C=O) groups is 1. The van der Waals surface area contributed by atoms with Gasteiger partial charge in [-0.3, -0.25) is 9.59 Å². The summed E-state index contributed by atoms with van der Waals surface area (Å²) in [6, 6.07) is 7.73. The van der Waals surface area contributed by atoms with Crippen molar-refractivity contribution in [3.05, 3.63) is 51.6 Å². The Morgan fingerprint density at radius 1 is 1.31 bits per heavy atom. The Hall–Kier alpha value is -3.78. The molecule has 0 radical (unpaired) electrons. The first kappa shape index (κ1) is 24.3. The number of aromatic nitrogens is 2. The van der Waals surface area contributed by atoms with Crippen LogP contribution in [0.2, 0.25) is 0 Å². The molecular formula is C22H25N6O6S+. The summed E-state index contributed by atoms with van der Waals surface area (Å²) in [5.41, 5.74) is 4.42. The van der Waals surface area contributed by atoms with E-state index in [0.29, 0.717) is 23.8 Å². The molecule has 0 fully saturated rings. The second kappa shape index (κ2) is 9.46. The molecule has 0 saturated heterocycles. The molecule has 1 aliphatic heterocycles. The fourth-order valence-electron chi connectivity index (χ4n) is 3.45. The molecule has 3 aromatic rings. The maximum absolute atomic E-state index is 13.3. The molecule has 6 N–H and O–H groups in total. The number of aromatic hydroxyl groups is 1. The van der Waals surface area contributed by atoms with Crippen molar-refractivity contribution in [1.29, 1.82) is 0 Å². The van der Waals surface area contributed by atoms with Gasteiger partial charge in [0.2, 0.25) is 5.84 Å². The Morgan fingerprint density at radius 3 is 2.74 bits per heavy atom. The number of rotatable bonds is 8. The minimum Gasteiger partial charge on any atom is -0.505 e. The molecule has 12 nitrogen and oxygen atoms in total. The lowest BCUT2D eigenvalue weighted by atomic mass is 10.1. The Labute approximate surface area is 203 Å². The number of hydrogen-bond donors (Lipinski definition) is 5. The number of quaternary nitrogens is 1. The minimum atomic E-state index is -1.98. The van der Waals surface area contributed by atoms with Crippen molar-refractivity contribution in [2.24, 2.45) is 16.8 Å². The Kier molecular flexibility index (Phi) is 6.58. The number of thiophene rings is 1. The maximum Gasteiger partial charge on any atom is 0.281 e. The van der Waals surface area contributed by atoms with Crippen molar-refractivity contribution in [2.45, 2.75) is 26.8 Å². The van der Waals surface area contributed by atoms with Crippen LogP contribution in [0.3, 0.4) is 0 Å². The second-order valence-corrected chi connectivity index (χ2v) is 9.28. The van der Waals surface area contributed by atoms with Crippen molar-refractivity contribution in [1.82, 2.24) is 14.7 Å². The largest absolute Gasteiger partial charge is 0.505 e. The van der Waals surface area contributed by atoms with Crippen LogP contribution in [0.25, 0.3) is 10.6 Å². The van der Waals surface area contributed by atoms with Crippen molar-refractivity contribution >= 4 is 34.5 Å². The summed E-state index contributed by atoms with van der Waals surface area (Å²) in [6.45, 7) is 3.93. The first-order valence-corrected chi connectivity index (χ1v) is 11.6. The van der Waals surface area contributed by atoms with Crippen molar-refractivity contribution < 1.29 is 25.1 Å². The number of benzene rings is 1. The number of fused-ring (bicyclic) bond motifs is 1. The van der Waals surface area contributed by atoms with Crippen LogP contribution >= 0.6 is 11.3 Å². The van der Waals surface area contributed by atoms with E-state index < -0.39 is 28.7 Å². The molecule has 0 spiro atoms. The molecule has 35 heavy (non-hydrogen) atoms. The van der Waals surface area contributed by atoms with Crippen LogP contribution in [-0.2, 0) is 11.3 Å². The minimum absolute atomic E-state index is 0.136. The number of amides is 1. The van der Waals surface area contributed by atoms with Crippen LogP contribution in [0.4, 0.5) is 11.4 Å². The van der Waals surface area contributed by atoms with Gasteiger partial charge in [-0.05, 0) is 35.9 Å². The predicted molar refractivity (Wildman–Crippen MR) is 130 cm³/mol. The fraction of sp³-hybridized carbons (Fsp3) is 0.273. The van der Waals surface area contributed by atoms with E-state index in [1.54, 1.807) is 12.1 Å². The predicted octanol–water partition coefficient (Wildman–Crippen LogP) is 2.46. The molecule has 0 saturated carbocycles. The molecule has 3 heterocycles. The van der Waals surface area contributed by atoms with E-state index in [-0.39, 0.29) is 34.2 Å². The highest BCUT2D eigenvalue weighted by atomic mass is 32.1. The molecule has 13 heteroatoms. The molecule has 1 aliphatic rings. The number of hydrogen-bond acceptors (Lipinski definition) is 10. The topological polar surface area (TPSA) is 172 Å². The SMILES string of the molecule is CC(C)CCn1nc(-c2cccs2)c(O)c(C2=N[N+](O)(O)c3cc(OCC(N)=O)ccc3N2)c1=O. The first-order valence-electron chi connectivity index (χ1n) is 10.7. The van der Waals surface area contributed by atoms with Crippen LogP contribution in [0.5, 0.6) is 11.5 Å². The summed E-state index contributed by atoms with van der Waals surface area (Å²) in [6.07, 6.45) is 0.665. The van der Waals surface area contributed by atoms with E-state index >= 15 is 0 Å². The lowest BCUT2D eigenvalue weighted by Crippen LogP contribution is -2.44. The van der Waals surface area contributed by atoms with Gasteiger partial charge in [-0.15, -0.1) is 21.8 Å². The van der Waals surface area contributed by atoms with Gasteiger partial charge >= 0.3 is 0 Å². The van der Waals surface area contributed by atoms with Crippen molar-refractivity contribution in [2.75, 3.05) is 11.9 Å². The number of amidine groups is 1. The third-order valence-electron chi connectivity index (χ3n) is 5.21. The molecule has 1 aromatic carbocycles. The molecule has 4 rings (SSSR count). The van der Waals surface area contributed by atoms with Crippen LogP contribution in [0.1, 0.15) is 25.8 Å². The van der Waals surface area contributed by atoms with Gasteiger partial charge in [0, 0.05) is 11.6 Å². The first-order chi connectivity index (χ1) is 16.6. The summed E-state index contributed by atoms with van der Waals surface area (Å²) in [5, 5.41) is 45.3. The maximum atomic E-state index is 13.3. The normalized spacial score (nSPS) is 14.3. The zero-order chi connectivity index (χ0) is 25.3. The van der Waals surface area contributed by atoms with E-state index in [4.69, 9.17) is 10.5 Å². The Balaban J connectivity index is 1.81. The molecule has 184 valence electrons. The third-order valence-corrected chi connectivity index (χ3v) is 6.08. The van der Waals surface area contributed by atoms with Gasteiger partial charge < -0.3 is 20.9 Å². The average molecular weight is 502 g/mol. The molecule has 0 unspecified atom stereocenters. The van der Waals surface area contributed by atoms with Crippen LogP contribution in [0, 0.1) is 5.92 Å². The molecule has 0 bridgehead atoms. The third kappa shape index (κ3) is 5.02. The van der Waals surface area contributed by atoms with E-state index in [9.17, 15) is 25.1 Å². The van der Waals surface area contributed by atoms with Gasteiger partial charge in [0.25, 0.3) is 17.2 Å². The standard InChI is InChI=1S/C22H24N6O6S/c1-12(2)7-8-27-22(31)18(20(30)19(25-27)16-4-3-9-35-16)21-24-14-6-5-13(34-11-17(23)29)10-15(14)28(32,33)26-21/h3-6,9-10,12,32-33H,7-8,11H2,1-2H3,(H3-,23,24,26,29,30,31)/p+1. The molecular weight excluding hydrogens is 476 g/mol. The van der Waals surface area contributed by atoms with E-state index in [1.165, 1.54) is 34.2 Å². The lowest BCUT2D eigenvalue weighted by Gasteiger charge is -2.24. The molecule has 2 aromatic heterocycles. The van der Waals surface area contributed by atoms with E-state index in [2.05, 4.69) is 15.5 Å². The molecule has 0 aliphatic carbocycles. The lowest BCUT2D eigenvalue weighted by molar-refractivity contribution is -0.291. The zero-order valence-electron chi connectivity index (χ0n) is 19.0. The number of anilines is 1. The molecule has 0 atom stereocenters. The number of nitrogens with two attached hydrogens (primary N) is 1. The van der Waals surface area contributed by atoms with Crippen molar-refractivity contribution in [3.8, 4) is 22.1 Å². The summed E-state index contributed by atoms with van der Waals surface area (Å²) in [5.74, 6) is -0.938. The number of nitrogens with one attached hydrogen (secondary N) is 1. The second-order valence-electron chi connectivity index (χ2n) is 8.34. The van der Waals surface area contributed by atoms with Gasteiger partial charge in [0.1, 0.15) is 27.6 Å². The van der Waals surface area contributed by atoms with Crippen LogP contribution in [-0.4, -0.2) is 43.7 Å². The highest BCUT2D eigenvalue weighted by molar-refractivity contribution is 7.13. The monoisotopic (exact) mass is 501 g/mol. The molecule has 1 amide bonds. The van der Waals surface area contributed by atoms with Gasteiger partial charge in [-0.25, -0.2) is 4.68 Å². The summed E-state index contributed by atoms with van der Waals surface area (Å²) in [4.78, 5) is 23.0. The van der Waals surface area contributed by atoms with E-state index in [1.807, 2.05) is 19.2 Å². The van der Waals surface area contributed by atoms with Gasteiger partial charge in [-0.2, -0.15) is 5.10 Å². The Bertz CT molecular complexity index is 1350. The smallest absolute Gasteiger partial charge is 0.281 e. The summed E-state index contributed by atoms with van der Waals surface area (Å²) < 4.78 is 6.46. The number of ether oxygens (including phenoxy) is 1. The summed E-state index contributed by atoms with van der Waals surface area (Å²) >= 11 is 1.33. The average Bonchev–Trinajstić information content (AvgIpc) is 3.31. The van der Waals surface area contributed by atoms with Gasteiger partial charge in [0.05, 0.1) is 10.9 Å². The van der Waals surface area contributed by atoms with Crippen LogP contribution in [0.15, 0.2) is 45.6 Å². The number of primary amides is 1. The summed E-state index contributed by atoms with van der Waals surface area (Å²) in [7, 11) is 0. The number of carbonyl (C=O) groups excluding carboxylic acids is 1. The van der Waals surface area contributed by atoms with Crippen molar-refractivity contribution in [3.63, 3.8) is 0 Å². The number of nitrogens with zero attached hydrogens (tertiary/aromatic N) is 4. The highest BCUT2D eigenvalue weighted by Crippen LogP contribution is 2.38. The number of aryl methyl sites for hydroxylation is 1. The van der Waals surface area contributed by atoms with Gasteiger partial charge in [0.15, 0.2) is 12.4 Å². The van der Waals surface area contributed by atoms with E-state index in [0.717, 1.165) is 0 Å². The van der Waals surface area contributed by atoms with Crippen LogP contribution < -0.4 is 26.3 Å². The fourth-order valence-corrected chi connectivity index (χ4v) is 4.16.